The molecule has 0 bridgehead atoms. The van der Waals surface area contributed by atoms with E-state index in [1.54, 1.807) is 18.5 Å². The fourth-order valence-corrected chi connectivity index (χ4v) is 2.03. The van der Waals surface area contributed by atoms with E-state index in [0.29, 0.717) is 11.3 Å². The predicted molar refractivity (Wildman–Crippen MR) is 79.0 cm³/mol. The number of hydrogen-bond acceptors (Lipinski definition) is 4. The molecular weight excluding hydrogens is 251 g/mol. The van der Waals surface area contributed by atoms with Crippen LogP contribution in [0.2, 0.25) is 0 Å². The van der Waals surface area contributed by atoms with Crippen LogP contribution in [-0.2, 0) is 6.32 Å². The van der Waals surface area contributed by atoms with Crippen molar-refractivity contribution in [1.82, 2.24) is 20.4 Å². The lowest BCUT2D eigenvalue weighted by molar-refractivity contribution is 0.477. The van der Waals surface area contributed by atoms with Crippen molar-refractivity contribution in [3.63, 3.8) is 0 Å². The summed E-state index contributed by atoms with van der Waals surface area (Å²) >= 11 is 0. The maximum atomic E-state index is 10.2. The molecule has 98 valence electrons. The highest BCUT2D eigenvalue weighted by atomic mass is 16.3. The van der Waals surface area contributed by atoms with Crippen LogP contribution in [0.5, 0.6) is 5.75 Å². The van der Waals surface area contributed by atoms with Crippen molar-refractivity contribution < 1.29 is 5.11 Å². The molecule has 6 heteroatoms. The first kappa shape index (κ1) is 12.4. The largest absolute Gasteiger partial charge is 0.507 e. The molecule has 3 aromatic rings. The molecule has 3 rings (SSSR count). The van der Waals surface area contributed by atoms with E-state index in [1.165, 1.54) is 0 Å². The van der Waals surface area contributed by atoms with Crippen molar-refractivity contribution >= 4 is 7.85 Å². The molecule has 0 saturated heterocycles. The lowest BCUT2D eigenvalue weighted by Gasteiger charge is -2.06. The number of aromatic amines is 1. The molecule has 0 radical (unpaired) electrons. The van der Waals surface area contributed by atoms with Crippen LogP contribution < -0.4 is 0 Å². The molecule has 2 N–H and O–H groups in total. The Labute approximate surface area is 117 Å². The molecular formula is C14H13BN4O. The number of rotatable bonds is 3. The van der Waals surface area contributed by atoms with E-state index in [1.807, 2.05) is 32.1 Å². The van der Waals surface area contributed by atoms with Gasteiger partial charge in [-0.3, -0.25) is 5.10 Å². The summed E-state index contributed by atoms with van der Waals surface area (Å²) in [4.78, 5) is 0. The van der Waals surface area contributed by atoms with Crippen LogP contribution in [0, 0.1) is 0 Å². The molecule has 20 heavy (non-hydrogen) atoms. The first-order valence-electron chi connectivity index (χ1n) is 6.43. The van der Waals surface area contributed by atoms with Crippen molar-refractivity contribution in [2.24, 2.45) is 0 Å². The van der Waals surface area contributed by atoms with Crippen molar-refractivity contribution in [3.05, 3.63) is 48.4 Å². The average Bonchev–Trinajstić information content (AvgIpc) is 3.01. The Morgan fingerprint density at radius 1 is 1.10 bits per heavy atom. The highest BCUT2D eigenvalue weighted by Gasteiger charge is 2.09. The lowest BCUT2D eigenvalue weighted by Crippen LogP contribution is -1.94. The summed E-state index contributed by atoms with van der Waals surface area (Å²) in [6.45, 7) is 0. The molecule has 0 saturated carbocycles. The number of aromatic hydroxyl groups is 1. The van der Waals surface area contributed by atoms with E-state index in [9.17, 15) is 5.11 Å². The summed E-state index contributed by atoms with van der Waals surface area (Å²) < 4.78 is 0. The number of nitrogens with zero attached hydrogens (tertiary/aromatic N) is 3. The number of aromatic nitrogens is 4. The maximum absolute atomic E-state index is 10.2. The Hall–Kier alpha value is -2.63. The first-order valence-corrected chi connectivity index (χ1v) is 6.43. The van der Waals surface area contributed by atoms with Gasteiger partial charge in [0.2, 0.25) is 0 Å². The SMILES string of the molecule is BCc1ccc(-c2ccc(-c3cn[nH]c3)cc2O)nn1. The Kier molecular flexibility index (Phi) is 3.21. The van der Waals surface area contributed by atoms with Crippen molar-refractivity contribution in [1.29, 1.82) is 0 Å². The average molecular weight is 264 g/mol. The maximum Gasteiger partial charge on any atom is 0.125 e. The molecule has 0 aliphatic heterocycles. The van der Waals surface area contributed by atoms with Crippen LogP contribution >= 0.6 is 0 Å². The number of phenols is 1. The minimum atomic E-state index is 0.183. The summed E-state index contributed by atoms with van der Waals surface area (Å²) in [6.07, 6.45) is 4.34. The number of phenolic OH excluding ortho intramolecular Hbond substituents is 1. The Bertz CT molecular complexity index is 711. The zero-order valence-electron chi connectivity index (χ0n) is 11.0. The highest BCUT2D eigenvalue weighted by molar-refractivity contribution is 6.08. The van der Waals surface area contributed by atoms with Crippen molar-refractivity contribution in [2.75, 3.05) is 0 Å². The van der Waals surface area contributed by atoms with E-state index >= 15 is 0 Å². The Morgan fingerprint density at radius 3 is 2.60 bits per heavy atom. The van der Waals surface area contributed by atoms with E-state index in [-0.39, 0.29) is 5.75 Å². The molecule has 0 amide bonds. The minimum absolute atomic E-state index is 0.183. The van der Waals surface area contributed by atoms with Crippen LogP contribution in [-0.4, -0.2) is 33.3 Å². The summed E-state index contributed by atoms with van der Waals surface area (Å²) in [5, 5.41) is 25.1. The van der Waals surface area contributed by atoms with E-state index < -0.39 is 0 Å². The van der Waals surface area contributed by atoms with E-state index in [4.69, 9.17) is 0 Å². The van der Waals surface area contributed by atoms with Gasteiger partial charge in [-0.15, -0.1) is 0 Å². The second-order valence-corrected chi connectivity index (χ2v) is 4.48. The highest BCUT2D eigenvalue weighted by Crippen LogP contribution is 2.31. The molecule has 2 aromatic heterocycles. The van der Waals surface area contributed by atoms with Gasteiger partial charge in [-0.25, -0.2) is 0 Å². The molecule has 0 fully saturated rings. The summed E-state index contributed by atoms with van der Waals surface area (Å²) in [5.74, 6) is 0.183. The third-order valence-corrected chi connectivity index (χ3v) is 3.19. The third-order valence-electron chi connectivity index (χ3n) is 3.19. The van der Waals surface area contributed by atoms with Gasteiger partial charge in [0, 0.05) is 17.3 Å². The summed E-state index contributed by atoms with van der Waals surface area (Å²) in [7, 11) is 2.03. The van der Waals surface area contributed by atoms with Crippen molar-refractivity contribution in [2.45, 2.75) is 6.32 Å². The third kappa shape index (κ3) is 2.27. The van der Waals surface area contributed by atoms with Crippen LogP contribution in [0.3, 0.4) is 0 Å². The topological polar surface area (TPSA) is 74.7 Å². The quantitative estimate of drug-likeness (QED) is 0.700. The number of nitrogens with one attached hydrogen (secondary N) is 1. The fraction of sp³-hybridized carbons (Fsp3) is 0.0714. The van der Waals surface area contributed by atoms with Gasteiger partial charge >= 0.3 is 0 Å². The van der Waals surface area contributed by atoms with Gasteiger partial charge < -0.3 is 5.11 Å². The van der Waals surface area contributed by atoms with E-state index in [2.05, 4.69) is 20.4 Å². The predicted octanol–water partition coefficient (Wildman–Crippen LogP) is 1.37. The first-order chi connectivity index (χ1) is 9.78. The van der Waals surface area contributed by atoms with Gasteiger partial charge in [0.15, 0.2) is 0 Å². The molecule has 0 atom stereocenters. The second-order valence-electron chi connectivity index (χ2n) is 4.48. The number of H-pyrrole nitrogens is 1. The molecule has 0 spiro atoms. The zero-order chi connectivity index (χ0) is 13.9. The Balaban J connectivity index is 1.98. The van der Waals surface area contributed by atoms with Crippen LogP contribution in [0.25, 0.3) is 22.4 Å². The van der Waals surface area contributed by atoms with E-state index in [0.717, 1.165) is 23.1 Å². The smallest absolute Gasteiger partial charge is 0.125 e. The van der Waals surface area contributed by atoms with Crippen molar-refractivity contribution in [3.8, 4) is 28.1 Å². The monoisotopic (exact) mass is 264 g/mol. The van der Waals surface area contributed by atoms with Gasteiger partial charge in [0.05, 0.1) is 17.6 Å². The van der Waals surface area contributed by atoms with Crippen LogP contribution in [0.4, 0.5) is 0 Å². The molecule has 0 unspecified atom stereocenters. The standard InChI is InChI=1S/C14H13BN4O/c15-6-11-2-4-13(19-18-11)12-3-1-9(5-14(12)20)10-7-16-17-8-10/h1-5,7-8,20H,6,15H2,(H,16,17). The van der Waals surface area contributed by atoms with Gasteiger partial charge in [0.25, 0.3) is 0 Å². The zero-order valence-corrected chi connectivity index (χ0v) is 11.0. The minimum Gasteiger partial charge on any atom is -0.507 e. The molecule has 2 heterocycles. The van der Waals surface area contributed by atoms with Gasteiger partial charge in [0.1, 0.15) is 13.6 Å². The van der Waals surface area contributed by atoms with Gasteiger partial charge in [-0.05, 0) is 36.1 Å². The number of benzene rings is 1. The molecule has 0 aliphatic rings. The lowest BCUT2D eigenvalue weighted by atomic mass is 10.0. The molecule has 0 aliphatic carbocycles. The second kappa shape index (κ2) is 5.17. The number of hydrogen-bond donors (Lipinski definition) is 2. The fourth-order valence-electron chi connectivity index (χ4n) is 2.03. The van der Waals surface area contributed by atoms with Crippen LogP contribution in [0.1, 0.15) is 5.69 Å². The van der Waals surface area contributed by atoms with Crippen LogP contribution in [0.15, 0.2) is 42.7 Å². The Morgan fingerprint density at radius 2 is 2.00 bits per heavy atom. The molecule has 1 aromatic carbocycles. The normalized spacial score (nSPS) is 10.6. The van der Waals surface area contributed by atoms with Gasteiger partial charge in [-0.1, -0.05) is 6.07 Å². The summed E-state index contributed by atoms with van der Waals surface area (Å²) in [6, 6.07) is 9.27. The summed E-state index contributed by atoms with van der Waals surface area (Å²) in [5.41, 5.74) is 4.10. The molecule has 5 nitrogen and oxygen atoms in total. The van der Waals surface area contributed by atoms with Gasteiger partial charge in [-0.2, -0.15) is 15.3 Å².